The number of hydrogen-bond donors (Lipinski definition) is 1. The zero-order chi connectivity index (χ0) is 9.10. The Bertz CT molecular complexity index is 143. The average Bonchev–Trinajstić information content (AvgIpc) is 2.71. The van der Waals surface area contributed by atoms with Gasteiger partial charge >= 0.3 is 0 Å². The summed E-state index contributed by atoms with van der Waals surface area (Å²) in [6.45, 7) is 0. The first-order valence-electron chi connectivity index (χ1n) is 6.06. The van der Waals surface area contributed by atoms with Gasteiger partial charge in [0.05, 0.1) is 0 Å². The lowest BCUT2D eigenvalue weighted by Gasteiger charge is -2.30. The molecule has 0 heterocycles. The molecule has 0 aromatic carbocycles. The number of thiol groups is 1. The van der Waals surface area contributed by atoms with Crippen LogP contribution in [-0.2, 0) is 0 Å². The van der Waals surface area contributed by atoms with Crippen molar-refractivity contribution in [2.75, 3.05) is 0 Å². The van der Waals surface area contributed by atoms with E-state index in [2.05, 4.69) is 0 Å². The summed E-state index contributed by atoms with van der Waals surface area (Å²) < 4.78 is 0. The monoisotopic (exact) mass is 198 g/mol. The number of hydrogen-bond acceptors (Lipinski definition) is 1. The third-order valence-electron chi connectivity index (χ3n) is 4.02. The third kappa shape index (κ3) is 2.43. The molecule has 1 unspecified atom stereocenters. The normalized spacial score (nSPS) is 29.3. The van der Waals surface area contributed by atoms with Crippen LogP contribution in [0.3, 0.4) is 0 Å². The van der Waals surface area contributed by atoms with Crippen LogP contribution in [0.25, 0.3) is 0 Å². The van der Waals surface area contributed by atoms with Crippen LogP contribution in [0.4, 0.5) is 0 Å². The molecule has 76 valence electrons. The van der Waals surface area contributed by atoms with Crippen molar-refractivity contribution in [3.63, 3.8) is 0 Å². The van der Waals surface area contributed by atoms with Crippen LogP contribution >= 0.6 is 12.6 Å². The zero-order valence-corrected chi connectivity index (χ0v) is 9.44. The van der Waals surface area contributed by atoms with Gasteiger partial charge in [-0.2, -0.15) is 12.6 Å². The molecule has 0 saturated heterocycles. The Kier molecular flexibility index (Phi) is 3.59. The maximum Gasteiger partial charge on any atom is 0.00733 e. The highest BCUT2D eigenvalue weighted by Gasteiger charge is 2.29. The van der Waals surface area contributed by atoms with Gasteiger partial charge in [-0.15, -0.1) is 0 Å². The topological polar surface area (TPSA) is 0 Å². The Balaban J connectivity index is 1.83. The van der Waals surface area contributed by atoms with Crippen LogP contribution < -0.4 is 0 Å². The van der Waals surface area contributed by atoms with E-state index in [1.165, 1.54) is 57.8 Å². The first-order valence-corrected chi connectivity index (χ1v) is 6.57. The Morgan fingerprint density at radius 2 is 1.08 bits per heavy atom. The van der Waals surface area contributed by atoms with Crippen molar-refractivity contribution in [2.24, 2.45) is 11.8 Å². The Labute approximate surface area is 87.9 Å². The molecule has 0 aliphatic heterocycles. The largest absolute Gasteiger partial charge is 0.175 e. The minimum absolute atomic E-state index is 0.739. The fourth-order valence-electron chi connectivity index (χ4n) is 3.16. The molecule has 2 aliphatic carbocycles. The van der Waals surface area contributed by atoms with Gasteiger partial charge in [0.2, 0.25) is 0 Å². The highest BCUT2D eigenvalue weighted by Crippen LogP contribution is 2.39. The van der Waals surface area contributed by atoms with Gasteiger partial charge in [-0.1, -0.05) is 32.1 Å². The van der Waals surface area contributed by atoms with Crippen molar-refractivity contribution in [1.29, 1.82) is 0 Å². The van der Waals surface area contributed by atoms with E-state index in [1.807, 2.05) is 0 Å². The van der Waals surface area contributed by atoms with Crippen molar-refractivity contribution in [2.45, 2.75) is 63.0 Å². The standard InChI is InChI=1S/C12H22S/c13-12(11-8-4-5-9-11)10-6-2-1-3-7-10/h10-13H,1-9H2. The summed E-state index contributed by atoms with van der Waals surface area (Å²) in [7, 11) is 0. The van der Waals surface area contributed by atoms with Crippen LogP contribution in [0.15, 0.2) is 0 Å². The van der Waals surface area contributed by atoms with Gasteiger partial charge in [0, 0.05) is 5.25 Å². The van der Waals surface area contributed by atoms with Crippen LogP contribution in [0.5, 0.6) is 0 Å². The predicted octanol–water partition coefficient (Wildman–Crippen LogP) is 4.06. The SMILES string of the molecule is SC(C1CCCCC1)C1CCCC1. The molecule has 0 aromatic heterocycles. The second kappa shape index (κ2) is 4.72. The van der Waals surface area contributed by atoms with Crippen LogP contribution in [0, 0.1) is 11.8 Å². The quantitative estimate of drug-likeness (QED) is 0.636. The fourth-order valence-corrected chi connectivity index (χ4v) is 3.76. The molecular weight excluding hydrogens is 176 g/mol. The van der Waals surface area contributed by atoms with E-state index in [9.17, 15) is 0 Å². The molecule has 2 fully saturated rings. The molecule has 2 saturated carbocycles. The van der Waals surface area contributed by atoms with Gasteiger partial charge in [-0.25, -0.2) is 0 Å². The Hall–Kier alpha value is 0.350. The lowest BCUT2D eigenvalue weighted by atomic mass is 9.82. The van der Waals surface area contributed by atoms with E-state index >= 15 is 0 Å². The molecule has 0 nitrogen and oxygen atoms in total. The van der Waals surface area contributed by atoms with Crippen LogP contribution in [-0.4, -0.2) is 5.25 Å². The molecule has 1 atom stereocenters. The van der Waals surface area contributed by atoms with Crippen molar-refractivity contribution < 1.29 is 0 Å². The molecule has 2 rings (SSSR count). The summed E-state index contributed by atoms with van der Waals surface area (Å²) in [5, 5.41) is 0.739. The molecule has 13 heavy (non-hydrogen) atoms. The van der Waals surface area contributed by atoms with E-state index in [4.69, 9.17) is 12.6 Å². The van der Waals surface area contributed by atoms with Crippen molar-refractivity contribution in [3.05, 3.63) is 0 Å². The van der Waals surface area contributed by atoms with Gasteiger partial charge in [-0.3, -0.25) is 0 Å². The summed E-state index contributed by atoms with van der Waals surface area (Å²) >= 11 is 4.87. The Morgan fingerprint density at radius 1 is 0.692 bits per heavy atom. The maximum atomic E-state index is 4.87. The first kappa shape index (κ1) is 9.89. The third-order valence-corrected chi connectivity index (χ3v) is 4.86. The maximum absolute atomic E-state index is 4.87. The minimum atomic E-state index is 0.739. The van der Waals surface area contributed by atoms with Gasteiger partial charge in [0.15, 0.2) is 0 Å². The summed E-state index contributed by atoms with van der Waals surface area (Å²) in [5.41, 5.74) is 0. The average molecular weight is 198 g/mol. The second-order valence-corrected chi connectivity index (χ2v) is 5.53. The summed E-state index contributed by atoms with van der Waals surface area (Å²) in [6.07, 6.45) is 13.2. The lowest BCUT2D eigenvalue weighted by molar-refractivity contribution is 0.302. The van der Waals surface area contributed by atoms with Gasteiger partial charge < -0.3 is 0 Å². The molecule has 0 amide bonds. The van der Waals surface area contributed by atoms with Crippen LogP contribution in [0.2, 0.25) is 0 Å². The molecule has 0 aromatic rings. The van der Waals surface area contributed by atoms with Crippen molar-refractivity contribution in [3.8, 4) is 0 Å². The van der Waals surface area contributed by atoms with E-state index in [-0.39, 0.29) is 0 Å². The van der Waals surface area contributed by atoms with E-state index in [0.29, 0.717) is 0 Å². The molecule has 0 bridgehead atoms. The number of rotatable bonds is 2. The molecular formula is C12H22S. The van der Waals surface area contributed by atoms with Crippen molar-refractivity contribution >= 4 is 12.6 Å². The predicted molar refractivity (Wildman–Crippen MR) is 61.3 cm³/mol. The highest BCUT2D eigenvalue weighted by atomic mass is 32.1. The second-order valence-electron chi connectivity index (χ2n) is 4.93. The molecule has 2 aliphatic rings. The van der Waals surface area contributed by atoms with E-state index < -0.39 is 0 Å². The van der Waals surface area contributed by atoms with E-state index in [1.54, 1.807) is 0 Å². The molecule has 0 N–H and O–H groups in total. The molecule has 0 radical (unpaired) electrons. The van der Waals surface area contributed by atoms with Gasteiger partial charge in [0.1, 0.15) is 0 Å². The summed E-state index contributed by atoms with van der Waals surface area (Å²) in [4.78, 5) is 0. The van der Waals surface area contributed by atoms with Crippen LogP contribution in [0.1, 0.15) is 57.8 Å². The molecule has 0 spiro atoms. The smallest absolute Gasteiger partial charge is 0.00733 e. The first-order chi connectivity index (χ1) is 6.38. The highest BCUT2D eigenvalue weighted by molar-refractivity contribution is 7.81. The van der Waals surface area contributed by atoms with Gasteiger partial charge in [-0.05, 0) is 37.5 Å². The summed E-state index contributed by atoms with van der Waals surface area (Å²) in [6, 6.07) is 0. The van der Waals surface area contributed by atoms with Crippen molar-refractivity contribution in [1.82, 2.24) is 0 Å². The lowest BCUT2D eigenvalue weighted by Crippen LogP contribution is -2.24. The minimum Gasteiger partial charge on any atom is -0.175 e. The molecule has 1 heteroatoms. The Morgan fingerprint density at radius 3 is 1.54 bits per heavy atom. The van der Waals surface area contributed by atoms with Gasteiger partial charge in [0.25, 0.3) is 0 Å². The fraction of sp³-hybridized carbons (Fsp3) is 1.00. The summed E-state index contributed by atoms with van der Waals surface area (Å²) in [5.74, 6) is 1.92. The zero-order valence-electron chi connectivity index (χ0n) is 8.54. The van der Waals surface area contributed by atoms with E-state index in [0.717, 1.165) is 17.1 Å².